The zero-order valence-electron chi connectivity index (χ0n) is 17.2. The van der Waals surface area contributed by atoms with E-state index in [1.165, 1.54) is 11.0 Å². The van der Waals surface area contributed by atoms with Gasteiger partial charge in [-0.1, -0.05) is 24.3 Å². The molecule has 160 valence electrons. The minimum atomic E-state index is -0.876. The number of anilines is 1. The van der Waals surface area contributed by atoms with Gasteiger partial charge in [0, 0.05) is 19.2 Å². The van der Waals surface area contributed by atoms with Crippen LogP contribution in [0.2, 0.25) is 0 Å². The topological polar surface area (TPSA) is 58.6 Å². The van der Waals surface area contributed by atoms with Crippen LogP contribution in [-0.2, 0) is 16.0 Å². The first kappa shape index (κ1) is 21.7. The fourth-order valence-electron chi connectivity index (χ4n) is 3.93. The molecule has 1 N–H and O–H groups in total. The van der Waals surface area contributed by atoms with Gasteiger partial charge >= 0.3 is 12.0 Å². The van der Waals surface area contributed by atoms with Crippen LogP contribution < -0.4 is 5.32 Å². The molecule has 0 aliphatic carbocycles. The number of aryl methyl sites for hydroxylation is 1. The minimum absolute atomic E-state index is 0.104. The Hall–Kier alpha value is -2.96. The van der Waals surface area contributed by atoms with Gasteiger partial charge < -0.3 is 15.0 Å². The van der Waals surface area contributed by atoms with E-state index in [-0.39, 0.29) is 24.8 Å². The molecule has 0 saturated carbocycles. The van der Waals surface area contributed by atoms with E-state index in [1.807, 2.05) is 31.2 Å². The van der Waals surface area contributed by atoms with Crippen LogP contribution in [-0.4, -0.2) is 36.6 Å². The zero-order chi connectivity index (χ0) is 21.7. The number of nitrogens with one attached hydrogen (secondary N) is 1. The highest BCUT2D eigenvalue weighted by molar-refractivity contribution is 5.90. The summed E-state index contributed by atoms with van der Waals surface area (Å²) in [5, 5.41) is 2.48. The maximum absolute atomic E-state index is 13.9. The summed E-state index contributed by atoms with van der Waals surface area (Å²) in [5.41, 5.74) is 1.11. The largest absolute Gasteiger partial charge is 0.466 e. The highest BCUT2D eigenvalue weighted by Crippen LogP contribution is 2.36. The Kier molecular flexibility index (Phi) is 6.70. The van der Waals surface area contributed by atoms with E-state index in [1.54, 1.807) is 6.92 Å². The molecule has 2 amide bonds. The number of amides is 2. The lowest BCUT2D eigenvalue weighted by Gasteiger charge is -2.41. The third-order valence-corrected chi connectivity index (χ3v) is 5.54. The van der Waals surface area contributed by atoms with E-state index in [2.05, 4.69) is 5.32 Å². The van der Waals surface area contributed by atoms with Crippen LogP contribution >= 0.6 is 0 Å². The highest BCUT2D eigenvalue weighted by atomic mass is 19.1. The van der Waals surface area contributed by atoms with Gasteiger partial charge in [-0.05, 0) is 56.4 Å². The number of benzene rings is 2. The average Bonchev–Trinajstić information content (AvgIpc) is 2.72. The van der Waals surface area contributed by atoms with Crippen molar-refractivity contribution in [2.24, 2.45) is 5.41 Å². The molecule has 5 nitrogen and oxygen atoms in total. The van der Waals surface area contributed by atoms with E-state index in [4.69, 9.17) is 4.74 Å². The van der Waals surface area contributed by atoms with Crippen LogP contribution in [0.15, 0.2) is 42.5 Å². The minimum Gasteiger partial charge on any atom is -0.466 e. The van der Waals surface area contributed by atoms with Crippen molar-refractivity contribution in [2.45, 2.75) is 33.1 Å². The Morgan fingerprint density at radius 3 is 2.67 bits per heavy atom. The molecule has 3 rings (SSSR count). The van der Waals surface area contributed by atoms with Crippen LogP contribution in [0.1, 0.15) is 30.9 Å². The van der Waals surface area contributed by atoms with Crippen molar-refractivity contribution in [1.82, 2.24) is 4.90 Å². The summed E-state index contributed by atoms with van der Waals surface area (Å²) in [6, 6.07) is 10.3. The molecule has 1 heterocycles. The van der Waals surface area contributed by atoms with Gasteiger partial charge in [-0.3, -0.25) is 4.79 Å². The number of hydrogen-bond donors (Lipinski definition) is 1. The SMILES string of the molecule is CCOC(=O)[C@@]1(Cc2ccccc2C)CCCN(C(=O)Nc2ccc(F)cc2F)C1. The van der Waals surface area contributed by atoms with Crippen molar-refractivity contribution >= 4 is 17.7 Å². The van der Waals surface area contributed by atoms with E-state index >= 15 is 0 Å². The first-order valence-corrected chi connectivity index (χ1v) is 10.1. The molecule has 7 heteroatoms. The number of esters is 1. The number of hydrogen-bond acceptors (Lipinski definition) is 3. The van der Waals surface area contributed by atoms with Crippen molar-refractivity contribution in [1.29, 1.82) is 0 Å². The van der Waals surface area contributed by atoms with E-state index in [0.717, 1.165) is 17.2 Å². The molecule has 1 atom stereocenters. The summed E-state index contributed by atoms with van der Waals surface area (Å²) >= 11 is 0. The van der Waals surface area contributed by atoms with Gasteiger partial charge in [0.15, 0.2) is 0 Å². The van der Waals surface area contributed by atoms with Gasteiger partial charge in [-0.25, -0.2) is 13.6 Å². The molecule has 1 saturated heterocycles. The number of carbonyl (C=O) groups is 2. The van der Waals surface area contributed by atoms with Crippen molar-refractivity contribution in [2.75, 3.05) is 25.0 Å². The van der Waals surface area contributed by atoms with Gasteiger partial charge in [0.25, 0.3) is 0 Å². The second-order valence-electron chi connectivity index (χ2n) is 7.68. The molecule has 0 aromatic heterocycles. The van der Waals surface area contributed by atoms with Crippen molar-refractivity contribution in [3.63, 3.8) is 0 Å². The fourth-order valence-corrected chi connectivity index (χ4v) is 3.93. The molecule has 30 heavy (non-hydrogen) atoms. The lowest BCUT2D eigenvalue weighted by atomic mass is 9.74. The zero-order valence-corrected chi connectivity index (χ0v) is 17.2. The van der Waals surface area contributed by atoms with E-state index in [9.17, 15) is 18.4 Å². The first-order valence-electron chi connectivity index (χ1n) is 10.1. The first-order chi connectivity index (χ1) is 14.3. The summed E-state index contributed by atoms with van der Waals surface area (Å²) in [5.74, 6) is -1.90. The summed E-state index contributed by atoms with van der Waals surface area (Å²) < 4.78 is 32.4. The predicted molar refractivity (Wildman–Crippen MR) is 110 cm³/mol. The molecule has 1 fully saturated rings. The molecule has 2 aromatic carbocycles. The number of halogens is 2. The summed E-state index contributed by atoms with van der Waals surface area (Å²) in [6.45, 7) is 4.59. The Morgan fingerprint density at radius 2 is 1.97 bits per heavy atom. The molecular weight excluding hydrogens is 390 g/mol. The van der Waals surface area contributed by atoms with Crippen molar-refractivity contribution < 1.29 is 23.1 Å². The Balaban J connectivity index is 1.83. The second-order valence-corrected chi connectivity index (χ2v) is 7.68. The summed E-state index contributed by atoms with van der Waals surface area (Å²) in [7, 11) is 0. The van der Waals surface area contributed by atoms with Crippen LogP contribution in [0.4, 0.5) is 19.3 Å². The van der Waals surface area contributed by atoms with Gasteiger partial charge in [-0.2, -0.15) is 0 Å². The van der Waals surface area contributed by atoms with E-state index in [0.29, 0.717) is 31.9 Å². The maximum atomic E-state index is 13.9. The van der Waals surface area contributed by atoms with Gasteiger partial charge in [0.1, 0.15) is 11.6 Å². The molecule has 0 bridgehead atoms. The van der Waals surface area contributed by atoms with Crippen LogP contribution in [0.5, 0.6) is 0 Å². The number of ether oxygens (including phenoxy) is 1. The number of piperidine rings is 1. The Morgan fingerprint density at radius 1 is 1.20 bits per heavy atom. The maximum Gasteiger partial charge on any atom is 0.321 e. The van der Waals surface area contributed by atoms with Gasteiger partial charge in [0.05, 0.1) is 17.7 Å². The standard InChI is InChI=1S/C23H26F2N2O3/c1-3-30-21(28)23(14-17-8-5-4-7-16(17)2)11-6-12-27(15-23)22(29)26-20-10-9-18(24)13-19(20)25/h4-5,7-10,13H,3,6,11-12,14-15H2,1-2H3,(H,26,29)/t23-/m1/s1. The number of rotatable bonds is 5. The molecule has 2 aromatic rings. The summed E-state index contributed by atoms with van der Waals surface area (Å²) in [4.78, 5) is 27.3. The molecule has 0 unspecified atom stereocenters. The Bertz CT molecular complexity index is 934. The smallest absolute Gasteiger partial charge is 0.321 e. The number of urea groups is 1. The lowest BCUT2D eigenvalue weighted by Crippen LogP contribution is -2.52. The lowest BCUT2D eigenvalue weighted by molar-refractivity contribution is -0.158. The van der Waals surface area contributed by atoms with Gasteiger partial charge in [-0.15, -0.1) is 0 Å². The number of likely N-dealkylation sites (tertiary alicyclic amines) is 1. The summed E-state index contributed by atoms with van der Waals surface area (Å²) in [6.07, 6.45) is 1.66. The van der Waals surface area contributed by atoms with E-state index < -0.39 is 23.1 Å². The number of carbonyl (C=O) groups excluding carboxylic acids is 2. The third kappa shape index (κ3) is 4.78. The molecule has 0 radical (unpaired) electrons. The fraction of sp³-hybridized carbons (Fsp3) is 0.391. The van der Waals surface area contributed by atoms with Crippen LogP contribution in [0.3, 0.4) is 0 Å². The molecule has 1 aliphatic rings. The highest BCUT2D eigenvalue weighted by Gasteiger charge is 2.45. The quantitative estimate of drug-likeness (QED) is 0.720. The van der Waals surface area contributed by atoms with Crippen LogP contribution in [0.25, 0.3) is 0 Å². The molecular formula is C23H26F2N2O3. The average molecular weight is 416 g/mol. The second kappa shape index (κ2) is 9.24. The van der Waals surface area contributed by atoms with Crippen LogP contribution in [0, 0.1) is 24.0 Å². The normalized spacial score (nSPS) is 18.7. The third-order valence-electron chi connectivity index (χ3n) is 5.54. The van der Waals surface area contributed by atoms with Crippen molar-refractivity contribution in [3.05, 3.63) is 65.2 Å². The molecule has 0 spiro atoms. The molecule has 1 aliphatic heterocycles. The number of nitrogens with zero attached hydrogens (tertiary/aromatic N) is 1. The Labute approximate surface area is 175 Å². The van der Waals surface area contributed by atoms with Crippen molar-refractivity contribution in [3.8, 4) is 0 Å². The van der Waals surface area contributed by atoms with Gasteiger partial charge in [0.2, 0.25) is 0 Å². The predicted octanol–water partition coefficient (Wildman–Crippen LogP) is 4.69. The monoisotopic (exact) mass is 416 g/mol.